The summed E-state index contributed by atoms with van der Waals surface area (Å²) in [6.45, 7) is 11.6. The Morgan fingerprint density at radius 1 is 0.475 bits per heavy atom. The van der Waals surface area contributed by atoms with Gasteiger partial charge < -0.3 is 170 Å². The molecule has 7 heterocycles. The SMILES string of the molecule is C=CC(=O)O[Si](O)(CCCOC(=O)C(=C)C)OCC1OC(OC2C(CO)OC(OC)C(O)C2O)C(O)C(O)C1OC1OC(CO)C(OC2OC(CO)C(OC3OC(CO)C(OC4OC(CO)C(C)C(O)C4O)C(O)C3O)C3O[Si](CCCOC(=O)C(=C)C)(OC(=O)C=C)OC23)C(O)C1O. The molecule has 0 aliphatic carbocycles. The van der Waals surface area contributed by atoms with E-state index < -0.39 is 271 Å². The lowest BCUT2D eigenvalue weighted by atomic mass is 9.91. The van der Waals surface area contributed by atoms with Crippen molar-refractivity contribution in [2.24, 2.45) is 5.92 Å². The van der Waals surface area contributed by atoms with Crippen molar-refractivity contribution in [1.29, 1.82) is 0 Å². The maximum Gasteiger partial charge on any atom is 0.569 e. The second-order valence-electron chi connectivity index (χ2n) is 24.3. The first-order valence-corrected chi connectivity index (χ1v) is 35.4. The maximum absolute atomic E-state index is 13.2. The highest BCUT2D eigenvalue weighted by Gasteiger charge is 2.66. The van der Waals surface area contributed by atoms with Crippen molar-refractivity contribution in [2.75, 3.05) is 60.0 Å². The molecule has 99 heavy (non-hydrogen) atoms. The van der Waals surface area contributed by atoms with Crippen LogP contribution in [-0.4, -0.2) is 361 Å². The van der Waals surface area contributed by atoms with E-state index in [0.29, 0.717) is 6.08 Å². The third kappa shape index (κ3) is 19.5. The van der Waals surface area contributed by atoms with E-state index in [1.807, 2.05) is 0 Å². The minimum Gasteiger partial charge on any atom is -0.470 e. The van der Waals surface area contributed by atoms with Crippen LogP contribution in [0.4, 0.5) is 0 Å². The molecular formula is C58H92O39Si2. The third-order valence-electron chi connectivity index (χ3n) is 17.2. The molecule has 0 bridgehead atoms. The minimum absolute atomic E-state index is 0.0328. The van der Waals surface area contributed by atoms with Crippen molar-refractivity contribution in [3.8, 4) is 0 Å². The fourth-order valence-electron chi connectivity index (χ4n) is 11.7. The van der Waals surface area contributed by atoms with E-state index in [1.54, 1.807) is 0 Å². The maximum atomic E-state index is 13.2. The summed E-state index contributed by atoms with van der Waals surface area (Å²) >= 11 is 0. The van der Waals surface area contributed by atoms with E-state index in [-0.39, 0.29) is 43.2 Å². The number of aliphatic hydroxyl groups excluding tert-OH is 15. The predicted octanol–water partition coefficient (Wildman–Crippen LogP) is -8.74. The number of carbonyl (C=O) groups excluding carboxylic acids is 4. The van der Waals surface area contributed by atoms with E-state index in [9.17, 15) is 101 Å². The Morgan fingerprint density at radius 2 is 0.838 bits per heavy atom. The largest absolute Gasteiger partial charge is 0.569 e. The van der Waals surface area contributed by atoms with Gasteiger partial charge in [0.15, 0.2) is 37.7 Å². The normalized spacial score (nSPS) is 42.2. The number of methoxy groups -OCH3 is 1. The molecule has 7 aliphatic heterocycles. The quantitative estimate of drug-likeness (QED) is 0.0126. The first-order valence-electron chi connectivity index (χ1n) is 31.5. The fraction of sp³-hybridized carbons (Fsp3) is 0.793. The van der Waals surface area contributed by atoms with Crippen LogP contribution in [0.25, 0.3) is 0 Å². The lowest BCUT2D eigenvalue weighted by Crippen LogP contribution is -2.68. The number of esters is 2. The summed E-state index contributed by atoms with van der Waals surface area (Å²) < 4.78 is 111. The molecule has 0 saturated carbocycles. The monoisotopic (exact) mass is 1470 g/mol. The van der Waals surface area contributed by atoms with E-state index >= 15 is 0 Å². The van der Waals surface area contributed by atoms with Crippen molar-refractivity contribution < 1.29 is 189 Å². The number of aliphatic hydroxyl groups is 15. The molecule has 0 spiro atoms. The zero-order valence-electron chi connectivity index (χ0n) is 54.3. The molecule has 7 rings (SSSR count). The first-order chi connectivity index (χ1) is 46.9. The number of hydrogen-bond acceptors (Lipinski definition) is 39. The molecule has 39 nitrogen and oxygen atoms in total. The summed E-state index contributed by atoms with van der Waals surface area (Å²) in [6.07, 6.45) is -53.6. The van der Waals surface area contributed by atoms with Crippen LogP contribution in [0.15, 0.2) is 49.6 Å². The predicted molar refractivity (Wildman–Crippen MR) is 320 cm³/mol. The first kappa shape index (κ1) is 82.3. The fourth-order valence-corrected chi connectivity index (χ4v) is 16.2. The van der Waals surface area contributed by atoms with Gasteiger partial charge in [0, 0.05) is 48.4 Å². The van der Waals surface area contributed by atoms with Crippen LogP contribution in [0.1, 0.15) is 33.6 Å². The second-order valence-corrected chi connectivity index (χ2v) is 29.3. The number of carbonyl (C=O) groups is 4. The Bertz CT molecular complexity index is 2680. The Kier molecular flexibility index (Phi) is 30.5. The molecule has 32 atom stereocenters. The molecule has 16 N–H and O–H groups in total. The van der Waals surface area contributed by atoms with Crippen molar-refractivity contribution in [2.45, 2.75) is 224 Å². The number of hydrogen-bond donors (Lipinski definition) is 16. The van der Waals surface area contributed by atoms with Crippen molar-refractivity contribution >= 4 is 41.5 Å². The zero-order chi connectivity index (χ0) is 73.1. The van der Waals surface area contributed by atoms with Crippen LogP contribution in [0.3, 0.4) is 0 Å². The summed E-state index contributed by atoms with van der Waals surface area (Å²) in [4.78, 5) is 62.0. The zero-order valence-corrected chi connectivity index (χ0v) is 56.3. The lowest BCUT2D eigenvalue weighted by molar-refractivity contribution is -0.391. The Balaban J connectivity index is 1.16. The van der Waals surface area contributed by atoms with E-state index in [2.05, 4.69) is 26.3 Å². The van der Waals surface area contributed by atoms with Crippen LogP contribution in [0, 0.1) is 5.92 Å². The molecule has 566 valence electrons. The van der Waals surface area contributed by atoms with E-state index in [0.717, 1.165) is 13.2 Å². The summed E-state index contributed by atoms with van der Waals surface area (Å²) in [5.41, 5.74) is 0.0697. The molecule has 7 aliphatic rings. The molecule has 41 heteroatoms. The highest BCUT2D eigenvalue weighted by molar-refractivity contribution is 6.63. The molecule has 0 aromatic carbocycles. The molecule has 0 amide bonds. The van der Waals surface area contributed by atoms with Gasteiger partial charge in [0.1, 0.15) is 128 Å². The van der Waals surface area contributed by atoms with E-state index in [1.165, 1.54) is 20.8 Å². The smallest absolute Gasteiger partial charge is 0.470 e. The third-order valence-corrected chi connectivity index (χ3v) is 22.1. The molecule has 7 saturated heterocycles. The number of ether oxygens (including phenoxy) is 14. The molecular weight excluding hydrogens is 1380 g/mol. The number of fused-ring (bicyclic) bond motifs is 1. The van der Waals surface area contributed by atoms with Crippen LogP contribution in [-0.2, 0) is 108 Å². The molecule has 0 radical (unpaired) electrons. The van der Waals surface area contributed by atoms with Gasteiger partial charge in [0.05, 0.1) is 65.1 Å². The molecule has 0 aromatic rings. The standard InChI is InChI=1S/C58H92O39Si2/c1-9-32(64)94-98(78,15-11-13-80-51(76)23(3)4)82-22-31-47(38(70)43(75)57(88-31)90-44-27(18-60)84-53(79-8)40(72)35(44)67)91-55-41(73)37(69)46(29(20-62)85-55)92-58-50-49(96-99(97-50,95-33(65)10-2)16-12-14-81-52(77)24(5)6)48(30(21-63)87-58)93-56-42(74)36(68)45(28(19-61)86-56)89-54-39(71)34(66)25(7)26(17-59)83-54/h9-10,25-31,34-50,53-63,66-75,78H,1-3,5,11-22H2,4,6-8H3. The highest BCUT2D eigenvalue weighted by atomic mass is 28.4. The van der Waals surface area contributed by atoms with Gasteiger partial charge in [-0.1, -0.05) is 33.2 Å². The van der Waals surface area contributed by atoms with E-state index in [4.69, 9.17) is 88.4 Å². The summed E-state index contributed by atoms with van der Waals surface area (Å²) in [5.74, 6) is -4.70. The summed E-state index contributed by atoms with van der Waals surface area (Å²) in [7, 11) is -8.37. The lowest BCUT2D eigenvalue weighted by Gasteiger charge is -2.50. The Morgan fingerprint density at radius 3 is 1.28 bits per heavy atom. The minimum atomic E-state index is -4.85. The number of rotatable bonds is 33. The Hall–Kier alpha value is -3.97. The van der Waals surface area contributed by atoms with Gasteiger partial charge in [-0.15, -0.1) is 0 Å². The summed E-state index contributed by atoms with van der Waals surface area (Å²) in [5, 5.41) is 167. The highest BCUT2D eigenvalue weighted by Crippen LogP contribution is 2.44. The van der Waals surface area contributed by atoms with Crippen LogP contribution in [0.2, 0.25) is 12.1 Å². The van der Waals surface area contributed by atoms with Gasteiger partial charge in [0.2, 0.25) is 0 Å². The van der Waals surface area contributed by atoms with Gasteiger partial charge in [0.25, 0.3) is 0 Å². The van der Waals surface area contributed by atoms with Gasteiger partial charge in [-0.3, -0.25) is 0 Å². The second kappa shape index (κ2) is 36.6. The molecule has 7 fully saturated rings. The van der Waals surface area contributed by atoms with Gasteiger partial charge in [-0.25, -0.2) is 19.2 Å². The van der Waals surface area contributed by atoms with Crippen LogP contribution in [0.5, 0.6) is 0 Å². The van der Waals surface area contributed by atoms with Crippen LogP contribution < -0.4 is 0 Å². The van der Waals surface area contributed by atoms with Crippen molar-refractivity contribution in [3.63, 3.8) is 0 Å². The Labute approximate surface area is 568 Å². The molecule has 32 unspecified atom stereocenters. The van der Waals surface area contributed by atoms with Crippen LogP contribution >= 0.6 is 0 Å². The summed E-state index contributed by atoms with van der Waals surface area (Å²) in [6, 6.07) is -0.888. The van der Waals surface area contributed by atoms with Gasteiger partial charge in [-0.05, 0) is 26.7 Å². The van der Waals surface area contributed by atoms with Crippen molar-refractivity contribution in [1.82, 2.24) is 0 Å². The average molecular weight is 1470 g/mol. The van der Waals surface area contributed by atoms with Gasteiger partial charge >= 0.3 is 41.5 Å². The van der Waals surface area contributed by atoms with Crippen molar-refractivity contribution in [3.05, 3.63) is 49.6 Å². The molecule has 0 aromatic heterocycles. The topological polar surface area (TPSA) is 567 Å². The van der Waals surface area contributed by atoms with Gasteiger partial charge in [-0.2, -0.15) is 0 Å². The average Bonchev–Trinajstić information content (AvgIpc) is 1.64.